The van der Waals surface area contributed by atoms with Crippen molar-refractivity contribution in [2.45, 2.75) is 32.7 Å². The molecular formula is C16H23N3O. The second-order valence-corrected chi connectivity index (χ2v) is 6.01. The molecule has 0 bridgehead atoms. The molecule has 4 heteroatoms. The second-order valence-electron chi connectivity index (χ2n) is 6.01. The minimum atomic E-state index is 0.0422. The molecule has 0 saturated carbocycles. The van der Waals surface area contributed by atoms with E-state index in [0.717, 1.165) is 57.0 Å². The molecule has 1 saturated heterocycles. The molecule has 2 N–H and O–H groups in total. The number of nitrogens with zero attached hydrogens (tertiary/aromatic N) is 1. The van der Waals surface area contributed by atoms with Crippen LogP contribution >= 0.6 is 0 Å². The summed E-state index contributed by atoms with van der Waals surface area (Å²) in [7, 11) is 0. The van der Waals surface area contributed by atoms with Crippen LogP contribution in [0.4, 0.5) is 10.5 Å². The number of carbonyl (C=O) groups excluding carboxylic acids is 1. The molecule has 0 spiro atoms. The highest BCUT2D eigenvalue weighted by molar-refractivity contribution is 5.89. The number of hydrogen-bond acceptors (Lipinski definition) is 2. The Kier molecular flexibility index (Phi) is 3.92. The van der Waals surface area contributed by atoms with Crippen LogP contribution in [0.25, 0.3) is 0 Å². The van der Waals surface area contributed by atoms with E-state index in [1.807, 2.05) is 11.0 Å². The van der Waals surface area contributed by atoms with Gasteiger partial charge < -0.3 is 15.5 Å². The summed E-state index contributed by atoms with van der Waals surface area (Å²) in [6.45, 7) is 5.95. The molecule has 0 aliphatic carbocycles. The minimum absolute atomic E-state index is 0.0422. The SMILES string of the molecule is CC1CCN(C(=O)Nc2ccc3c(c2)CNCC3)CC1. The van der Waals surface area contributed by atoms with E-state index < -0.39 is 0 Å². The Bertz CT molecular complexity index is 492. The normalized spacial score (nSPS) is 19.6. The number of urea groups is 1. The summed E-state index contributed by atoms with van der Waals surface area (Å²) < 4.78 is 0. The maximum absolute atomic E-state index is 12.2. The van der Waals surface area contributed by atoms with Gasteiger partial charge in [0.15, 0.2) is 0 Å². The number of nitrogens with one attached hydrogen (secondary N) is 2. The smallest absolute Gasteiger partial charge is 0.321 e. The van der Waals surface area contributed by atoms with Gasteiger partial charge in [-0.15, -0.1) is 0 Å². The predicted molar refractivity (Wildman–Crippen MR) is 80.8 cm³/mol. The molecule has 0 radical (unpaired) electrons. The Morgan fingerprint density at radius 3 is 2.90 bits per heavy atom. The Balaban J connectivity index is 1.64. The molecule has 0 aromatic heterocycles. The zero-order valence-electron chi connectivity index (χ0n) is 12.1. The third-order valence-corrected chi connectivity index (χ3v) is 4.41. The number of benzene rings is 1. The van der Waals surface area contributed by atoms with Gasteiger partial charge in [0.25, 0.3) is 0 Å². The molecule has 108 valence electrons. The number of anilines is 1. The molecule has 3 rings (SSSR count). The van der Waals surface area contributed by atoms with E-state index in [-0.39, 0.29) is 6.03 Å². The number of fused-ring (bicyclic) bond motifs is 1. The van der Waals surface area contributed by atoms with Crippen molar-refractivity contribution < 1.29 is 4.79 Å². The maximum atomic E-state index is 12.2. The van der Waals surface area contributed by atoms with Gasteiger partial charge in [-0.25, -0.2) is 4.79 Å². The quantitative estimate of drug-likeness (QED) is 0.826. The van der Waals surface area contributed by atoms with E-state index in [2.05, 4.69) is 29.7 Å². The van der Waals surface area contributed by atoms with Gasteiger partial charge in [-0.3, -0.25) is 0 Å². The maximum Gasteiger partial charge on any atom is 0.321 e. The number of carbonyl (C=O) groups is 1. The van der Waals surface area contributed by atoms with Crippen molar-refractivity contribution in [2.75, 3.05) is 25.0 Å². The van der Waals surface area contributed by atoms with E-state index in [1.54, 1.807) is 0 Å². The highest BCUT2D eigenvalue weighted by atomic mass is 16.2. The van der Waals surface area contributed by atoms with Crippen LogP contribution in [0.2, 0.25) is 0 Å². The molecule has 2 aliphatic rings. The van der Waals surface area contributed by atoms with Crippen LogP contribution in [0.5, 0.6) is 0 Å². The Morgan fingerprint density at radius 2 is 2.10 bits per heavy atom. The summed E-state index contributed by atoms with van der Waals surface area (Å²) in [4.78, 5) is 14.2. The molecule has 4 nitrogen and oxygen atoms in total. The first-order valence-corrected chi connectivity index (χ1v) is 7.61. The first-order valence-electron chi connectivity index (χ1n) is 7.61. The number of amides is 2. The average Bonchev–Trinajstić information content (AvgIpc) is 2.48. The topological polar surface area (TPSA) is 44.4 Å². The lowest BCUT2D eigenvalue weighted by atomic mass is 9.99. The first-order chi connectivity index (χ1) is 9.72. The van der Waals surface area contributed by atoms with Crippen LogP contribution in [0.1, 0.15) is 30.9 Å². The van der Waals surface area contributed by atoms with Gasteiger partial charge in [0.2, 0.25) is 0 Å². The lowest BCUT2D eigenvalue weighted by molar-refractivity contribution is 0.186. The molecule has 0 unspecified atom stereocenters. The largest absolute Gasteiger partial charge is 0.325 e. The number of hydrogen-bond donors (Lipinski definition) is 2. The summed E-state index contributed by atoms with van der Waals surface area (Å²) >= 11 is 0. The summed E-state index contributed by atoms with van der Waals surface area (Å²) in [5.41, 5.74) is 3.62. The lowest BCUT2D eigenvalue weighted by Gasteiger charge is -2.30. The molecule has 1 aromatic carbocycles. The van der Waals surface area contributed by atoms with E-state index in [4.69, 9.17) is 0 Å². The van der Waals surface area contributed by atoms with Crippen LogP contribution in [0, 0.1) is 5.92 Å². The van der Waals surface area contributed by atoms with Gasteiger partial charge in [-0.05, 0) is 55.0 Å². The summed E-state index contributed by atoms with van der Waals surface area (Å²) in [6.07, 6.45) is 3.30. The summed E-state index contributed by atoms with van der Waals surface area (Å²) in [5.74, 6) is 0.744. The fourth-order valence-corrected chi connectivity index (χ4v) is 2.97. The molecular weight excluding hydrogens is 250 g/mol. The zero-order valence-corrected chi connectivity index (χ0v) is 12.1. The van der Waals surface area contributed by atoms with E-state index >= 15 is 0 Å². The minimum Gasteiger partial charge on any atom is -0.325 e. The third-order valence-electron chi connectivity index (χ3n) is 4.41. The molecule has 2 amide bonds. The van der Waals surface area contributed by atoms with Crippen LogP contribution < -0.4 is 10.6 Å². The molecule has 2 aliphatic heterocycles. The highest BCUT2D eigenvalue weighted by Gasteiger charge is 2.20. The lowest BCUT2D eigenvalue weighted by Crippen LogP contribution is -2.40. The Morgan fingerprint density at radius 1 is 1.30 bits per heavy atom. The Hall–Kier alpha value is -1.55. The zero-order chi connectivity index (χ0) is 13.9. The molecule has 2 heterocycles. The van der Waals surface area contributed by atoms with Crippen LogP contribution in [0.15, 0.2) is 18.2 Å². The fourth-order valence-electron chi connectivity index (χ4n) is 2.97. The predicted octanol–water partition coefficient (Wildman–Crippen LogP) is 2.60. The number of likely N-dealkylation sites (tertiary alicyclic amines) is 1. The third kappa shape index (κ3) is 2.96. The second kappa shape index (κ2) is 5.83. The van der Waals surface area contributed by atoms with Gasteiger partial charge in [0.05, 0.1) is 0 Å². The first kappa shape index (κ1) is 13.4. The van der Waals surface area contributed by atoms with Crippen molar-refractivity contribution in [3.8, 4) is 0 Å². The van der Waals surface area contributed by atoms with Crippen molar-refractivity contribution in [3.05, 3.63) is 29.3 Å². The van der Waals surface area contributed by atoms with Gasteiger partial charge in [0, 0.05) is 25.3 Å². The van der Waals surface area contributed by atoms with E-state index in [1.165, 1.54) is 11.1 Å². The van der Waals surface area contributed by atoms with Crippen molar-refractivity contribution in [1.82, 2.24) is 10.2 Å². The highest BCUT2D eigenvalue weighted by Crippen LogP contribution is 2.21. The number of piperidine rings is 1. The van der Waals surface area contributed by atoms with Gasteiger partial charge in [0.1, 0.15) is 0 Å². The molecule has 1 aromatic rings. The van der Waals surface area contributed by atoms with Crippen LogP contribution in [-0.2, 0) is 13.0 Å². The summed E-state index contributed by atoms with van der Waals surface area (Å²) in [5, 5.41) is 6.40. The summed E-state index contributed by atoms with van der Waals surface area (Å²) in [6, 6.07) is 6.31. The van der Waals surface area contributed by atoms with Gasteiger partial charge in [-0.2, -0.15) is 0 Å². The van der Waals surface area contributed by atoms with Crippen molar-refractivity contribution in [3.63, 3.8) is 0 Å². The van der Waals surface area contributed by atoms with Gasteiger partial charge in [-0.1, -0.05) is 13.0 Å². The Labute approximate surface area is 120 Å². The van der Waals surface area contributed by atoms with E-state index in [9.17, 15) is 4.79 Å². The van der Waals surface area contributed by atoms with Crippen molar-refractivity contribution >= 4 is 11.7 Å². The molecule has 1 fully saturated rings. The van der Waals surface area contributed by atoms with Gasteiger partial charge >= 0.3 is 6.03 Å². The van der Waals surface area contributed by atoms with E-state index in [0.29, 0.717) is 0 Å². The average molecular weight is 273 g/mol. The fraction of sp³-hybridized carbons (Fsp3) is 0.562. The van der Waals surface area contributed by atoms with Crippen molar-refractivity contribution in [1.29, 1.82) is 0 Å². The number of rotatable bonds is 1. The van der Waals surface area contributed by atoms with Crippen LogP contribution in [0.3, 0.4) is 0 Å². The standard InChI is InChI=1S/C16H23N3O/c1-12-5-8-19(9-6-12)16(20)18-15-3-2-13-4-7-17-11-14(13)10-15/h2-3,10,12,17H,4-9,11H2,1H3,(H,18,20). The van der Waals surface area contributed by atoms with Crippen molar-refractivity contribution in [2.24, 2.45) is 5.92 Å². The monoisotopic (exact) mass is 273 g/mol. The molecule has 0 atom stereocenters. The van der Waals surface area contributed by atoms with Crippen LogP contribution in [-0.4, -0.2) is 30.6 Å². The molecule has 20 heavy (non-hydrogen) atoms.